The topological polar surface area (TPSA) is 52.5 Å². The van der Waals surface area contributed by atoms with E-state index in [2.05, 4.69) is 19.2 Å². The lowest BCUT2D eigenvalue weighted by Gasteiger charge is -2.20. The van der Waals surface area contributed by atoms with E-state index in [0.29, 0.717) is 12.5 Å². The predicted molar refractivity (Wildman–Crippen MR) is 69.9 cm³/mol. The SMILES string of the molecule is CCC(CC)C(O)CNCc1ccc(O)cc1. The van der Waals surface area contributed by atoms with Crippen LogP contribution < -0.4 is 5.32 Å². The number of hydrogen-bond donors (Lipinski definition) is 3. The summed E-state index contributed by atoms with van der Waals surface area (Å²) in [7, 11) is 0. The Labute approximate surface area is 103 Å². The van der Waals surface area contributed by atoms with Crippen LogP contribution in [-0.2, 0) is 6.54 Å². The molecule has 0 saturated carbocycles. The zero-order valence-electron chi connectivity index (χ0n) is 10.7. The van der Waals surface area contributed by atoms with Gasteiger partial charge in [0.05, 0.1) is 6.10 Å². The Balaban J connectivity index is 2.30. The molecule has 0 fully saturated rings. The molecular weight excluding hydrogens is 214 g/mol. The van der Waals surface area contributed by atoms with Gasteiger partial charge in [-0.25, -0.2) is 0 Å². The number of rotatable bonds is 7. The molecule has 0 heterocycles. The van der Waals surface area contributed by atoms with Crippen molar-refractivity contribution in [2.75, 3.05) is 6.54 Å². The number of phenolic OH excluding ortho intramolecular Hbond substituents is 1. The van der Waals surface area contributed by atoms with E-state index in [1.165, 1.54) is 0 Å². The minimum atomic E-state index is -0.276. The van der Waals surface area contributed by atoms with Crippen LogP contribution in [0.25, 0.3) is 0 Å². The van der Waals surface area contributed by atoms with Crippen LogP contribution in [0.3, 0.4) is 0 Å². The Morgan fingerprint density at radius 1 is 1.12 bits per heavy atom. The summed E-state index contributed by atoms with van der Waals surface area (Å²) in [6.07, 6.45) is 1.75. The summed E-state index contributed by atoms with van der Waals surface area (Å²) in [6, 6.07) is 7.11. The highest BCUT2D eigenvalue weighted by Gasteiger charge is 2.14. The molecule has 0 saturated heterocycles. The Hall–Kier alpha value is -1.06. The van der Waals surface area contributed by atoms with Crippen molar-refractivity contribution in [3.8, 4) is 5.75 Å². The highest BCUT2D eigenvalue weighted by atomic mass is 16.3. The first-order chi connectivity index (χ1) is 8.17. The van der Waals surface area contributed by atoms with Crippen molar-refractivity contribution in [3.05, 3.63) is 29.8 Å². The summed E-state index contributed by atoms with van der Waals surface area (Å²) in [4.78, 5) is 0. The van der Waals surface area contributed by atoms with Crippen molar-refractivity contribution < 1.29 is 10.2 Å². The molecule has 0 aliphatic rings. The Kier molecular flexibility index (Phi) is 6.01. The van der Waals surface area contributed by atoms with Gasteiger partial charge in [-0.1, -0.05) is 38.8 Å². The molecular formula is C14H23NO2. The lowest BCUT2D eigenvalue weighted by molar-refractivity contribution is 0.101. The van der Waals surface area contributed by atoms with E-state index < -0.39 is 0 Å². The molecule has 0 radical (unpaired) electrons. The zero-order valence-corrected chi connectivity index (χ0v) is 10.7. The van der Waals surface area contributed by atoms with Gasteiger partial charge in [-0.3, -0.25) is 0 Å². The Morgan fingerprint density at radius 2 is 1.71 bits per heavy atom. The summed E-state index contributed by atoms with van der Waals surface area (Å²) in [6.45, 7) is 5.55. The van der Waals surface area contributed by atoms with Gasteiger partial charge in [-0.05, 0) is 23.6 Å². The lowest BCUT2D eigenvalue weighted by atomic mass is 9.96. The van der Waals surface area contributed by atoms with Gasteiger partial charge in [0.2, 0.25) is 0 Å². The van der Waals surface area contributed by atoms with Crippen LogP contribution in [-0.4, -0.2) is 22.9 Å². The van der Waals surface area contributed by atoms with Crippen molar-refractivity contribution in [1.82, 2.24) is 5.32 Å². The first-order valence-corrected chi connectivity index (χ1v) is 6.34. The number of hydrogen-bond acceptors (Lipinski definition) is 3. The van der Waals surface area contributed by atoms with E-state index >= 15 is 0 Å². The fourth-order valence-corrected chi connectivity index (χ4v) is 1.98. The van der Waals surface area contributed by atoms with E-state index in [1.807, 2.05) is 12.1 Å². The van der Waals surface area contributed by atoms with E-state index in [-0.39, 0.29) is 11.9 Å². The maximum absolute atomic E-state index is 9.93. The molecule has 1 atom stereocenters. The third-order valence-corrected chi connectivity index (χ3v) is 3.21. The minimum absolute atomic E-state index is 0.276. The number of phenols is 1. The Bertz CT molecular complexity index is 307. The summed E-state index contributed by atoms with van der Waals surface area (Å²) < 4.78 is 0. The first kappa shape index (κ1) is 14.0. The molecule has 0 aliphatic carbocycles. The summed E-state index contributed by atoms with van der Waals surface area (Å²) in [5.74, 6) is 0.660. The molecule has 17 heavy (non-hydrogen) atoms. The second kappa shape index (κ2) is 7.30. The smallest absolute Gasteiger partial charge is 0.115 e. The molecule has 0 aromatic heterocycles. The van der Waals surface area contributed by atoms with Crippen LogP contribution in [0.5, 0.6) is 5.75 Å². The van der Waals surface area contributed by atoms with Crippen molar-refractivity contribution >= 4 is 0 Å². The average Bonchev–Trinajstić information content (AvgIpc) is 2.33. The summed E-state index contributed by atoms with van der Waals surface area (Å²) in [5, 5.41) is 22.3. The molecule has 0 bridgehead atoms. The summed E-state index contributed by atoms with van der Waals surface area (Å²) >= 11 is 0. The van der Waals surface area contributed by atoms with Gasteiger partial charge in [0.25, 0.3) is 0 Å². The number of aliphatic hydroxyl groups excluding tert-OH is 1. The minimum Gasteiger partial charge on any atom is -0.508 e. The van der Waals surface area contributed by atoms with E-state index in [0.717, 1.165) is 24.9 Å². The van der Waals surface area contributed by atoms with Gasteiger partial charge in [0.15, 0.2) is 0 Å². The molecule has 1 aromatic rings. The van der Waals surface area contributed by atoms with E-state index in [9.17, 15) is 5.11 Å². The van der Waals surface area contributed by atoms with Crippen molar-refractivity contribution in [2.24, 2.45) is 5.92 Å². The third kappa shape index (κ3) is 4.75. The molecule has 3 nitrogen and oxygen atoms in total. The van der Waals surface area contributed by atoms with Crippen molar-refractivity contribution in [1.29, 1.82) is 0 Å². The van der Waals surface area contributed by atoms with Crippen molar-refractivity contribution in [3.63, 3.8) is 0 Å². The average molecular weight is 237 g/mol. The number of nitrogens with one attached hydrogen (secondary N) is 1. The Morgan fingerprint density at radius 3 is 2.24 bits per heavy atom. The molecule has 1 aromatic carbocycles. The monoisotopic (exact) mass is 237 g/mol. The summed E-state index contributed by atoms with van der Waals surface area (Å²) in [5.41, 5.74) is 1.11. The molecule has 0 amide bonds. The quantitative estimate of drug-likeness (QED) is 0.682. The number of aromatic hydroxyl groups is 1. The lowest BCUT2D eigenvalue weighted by Crippen LogP contribution is -2.32. The van der Waals surface area contributed by atoms with Crippen LogP contribution in [0.1, 0.15) is 32.3 Å². The molecule has 0 aliphatic heterocycles. The second-order valence-electron chi connectivity index (χ2n) is 4.44. The predicted octanol–water partition coefficient (Wildman–Crippen LogP) is 2.28. The van der Waals surface area contributed by atoms with E-state index in [4.69, 9.17) is 5.11 Å². The second-order valence-corrected chi connectivity index (χ2v) is 4.44. The van der Waals surface area contributed by atoms with Gasteiger partial charge in [0.1, 0.15) is 5.75 Å². The maximum Gasteiger partial charge on any atom is 0.115 e. The maximum atomic E-state index is 9.93. The molecule has 3 heteroatoms. The number of benzene rings is 1. The standard InChI is InChI=1S/C14H23NO2/c1-3-12(4-2)14(17)10-15-9-11-5-7-13(16)8-6-11/h5-8,12,14-17H,3-4,9-10H2,1-2H3. The molecule has 96 valence electrons. The molecule has 0 spiro atoms. The van der Waals surface area contributed by atoms with E-state index in [1.54, 1.807) is 12.1 Å². The van der Waals surface area contributed by atoms with Crippen LogP contribution in [0.2, 0.25) is 0 Å². The third-order valence-electron chi connectivity index (χ3n) is 3.21. The van der Waals surface area contributed by atoms with Gasteiger partial charge < -0.3 is 15.5 Å². The van der Waals surface area contributed by atoms with Crippen LogP contribution >= 0.6 is 0 Å². The van der Waals surface area contributed by atoms with Crippen LogP contribution in [0, 0.1) is 5.92 Å². The van der Waals surface area contributed by atoms with Crippen molar-refractivity contribution in [2.45, 2.75) is 39.3 Å². The van der Waals surface area contributed by atoms with Crippen LogP contribution in [0.15, 0.2) is 24.3 Å². The highest BCUT2D eigenvalue weighted by Crippen LogP contribution is 2.13. The van der Waals surface area contributed by atoms with Gasteiger partial charge in [-0.2, -0.15) is 0 Å². The molecule has 1 unspecified atom stereocenters. The number of aliphatic hydroxyl groups is 1. The van der Waals surface area contributed by atoms with Gasteiger partial charge >= 0.3 is 0 Å². The van der Waals surface area contributed by atoms with Gasteiger partial charge in [0, 0.05) is 13.1 Å². The fraction of sp³-hybridized carbons (Fsp3) is 0.571. The fourth-order valence-electron chi connectivity index (χ4n) is 1.98. The first-order valence-electron chi connectivity index (χ1n) is 6.34. The normalized spacial score (nSPS) is 12.9. The van der Waals surface area contributed by atoms with Crippen LogP contribution in [0.4, 0.5) is 0 Å². The highest BCUT2D eigenvalue weighted by molar-refractivity contribution is 5.25. The zero-order chi connectivity index (χ0) is 12.7. The molecule has 1 rings (SSSR count). The largest absolute Gasteiger partial charge is 0.508 e. The molecule has 3 N–H and O–H groups in total. The van der Waals surface area contributed by atoms with Gasteiger partial charge in [-0.15, -0.1) is 0 Å².